The molecule has 3 heterocycles. The van der Waals surface area contributed by atoms with Gasteiger partial charge in [-0.15, -0.1) is 0 Å². The van der Waals surface area contributed by atoms with E-state index in [1.165, 1.54) is 12.8 Å². The van der Waals surface area contributed by atoms with Crippen LogP contribution in [-0.2, 0) is 10.2 Å². The molecule has 0 radical (unpaired) electrons. The summed E-state index contributed by atoms with van der Waals surface area (Å²) in [5.74, 6) is -0.596. The number of rotatable bonds is 2. The van der Waals surface area contributed by atoms with Gasteiger partial charge in [0.2, 0.25) is 0 Å². The molecule has 1 aromatic rings. The van der Waals surface area contributed by atoms with Gasteiger partial charge in [-0.2, -0.15) is 0 Å². The summed E-state index contributed by atoms with van der Waals surface area (Å²) >= 11 is 2.15. The van der Waals surface area contributed by atoms with Crippen LogP contribution in [0.4, 0.5) is 5.69 Å². The molecule has 0 aliphatic carbocycles. The number of aliphatic imine (C=N–C) groups is 1. The third-order valence-corrected chi connectivity index (χ3v) is 5.85. The lowest BCUT2D eigenvalue weighted by molar-refractivity contribution is -0.143. The molecule has 1 aromatic carbocycles. The number of alkyl halides is 1. The van der Waals surface area contributed by atoms with Gasteiger partial charge in [0.25, 0.3) is 0 Å². The molecular formula is C18H23IN2O2. The SMILES string of the molecule is CI.CN1C2CCC1CC(C1(C(=O)O)C=Nc3ccccc31)C2. The van der Waals surface area contributed by atoms with E-state index in [4.69, 9.17) is 0 Å². The van der Waals surface area contributed by atoms with Crippen LogP contribution in [0.5, 0.6) is 0 Å². The van der Waals surface area contributed by atoms with Crippen molar-refractivity contribution in [3.63, 3.8) is 0 Å². The van der Waals surface area contributed by atoms with Crippen molar-refractivity contribution in [1.29, 1.82) is 0 Å². The largest absolute Gasteiger partial charge is 0.480 e. The summed E-state index contributed by atoms with van der Waals surface area (Å²) in [5, 5.41) is 10.0. The van der Waals surface area contributed by atoms with Crippen molar-refractivity contribution in [1.82, 2.24) is 4.90 Å². The predicted molar refractivity (Wildman–Crippen MR) is 101 cm³/mol. The fourth-order valence-electron chi connectivity index (χ4n) is 4.63. The third-order valence-electron chi connectivity index (χ3n) is 5.85. The Bertz CT molecular complexity index is 619. The summed E-state index contributed by atoms with van der Waals surface area (Å²) in [4.78, 5) is 21.0. The van der Waals surface area contributed by atoms with Crippen LogP contribution in [0.1, 0.15) is 31.2 Å². The predicted octanol–water partition coefficient (Wildman–Crippen LogP) is 3.65. The summed E-state index contributed by atoms with van der Waals surface area (Å²) in [6.07, 6.45) is 6.02. The van der Waals surface area contributed by atoms with Crippen LogP contribution in [-0.4, -0.2) is 46.3 Å². The zero-order valence-electron chi connectivity index (χ0n) is 13.6. The van der Waals surface area contributed by atoms with E-state index in [9.17, 15) is 9.90 Å². The second-order valence-corrected chi connectivity index (χ2v) is 6.67. The number of halogens is 1. The quantitative estimate of drug-likeness (QED) is 0.581. The number of para-hydroxylation sites is 1. The second kappa shape index (κ2) is 6.51. The molecule has 3 atom stereocenters. The lowest BCUT2D eigenvalue weighted by Gasteiger charge is -2.42. The van der Waals surface area contributed by atoms with Crippen molar-refractivity contribution in [3.8, 4) is 0 Å². The third kappa shape index (κ3) is 2.52. The zero-order chi connectivity index (χ0) is 16.6. The molecule has 3 aliphatic heterocycles. The van der Waals surface area contributed by atoms with Crippen molar-refractivity contribution < 1.29 is 9.90 Å². The Morgan fingerprint density at radius 1 is 1.26 bits per heavy atom. The molecule has 1 N–H and O–H groups in total. The Labute approximate surface area is 151 Å². The molecule has 4 rings (SSSR count). The number of aliphatic carboxylic acids is 1. The van der Waals surface area contributed by atoms with Crippen molar-refractivity contribution in [2.45, 2.75) is 43.2 Å². The normalized spacial score (nSPS) is 34.7. The number of hydrogen-bond donors (Lipinski definition) is 1. The summed E-state index contributed by atoms with van der Waals surface area (Å²) in [6, 6.07) is 8.77. The number of piperidine rings is 1. The van der Waals surface area contributed by atoms with E-state index in [2.05, 4.69) is 39.5 Å². The topological polar surface area (TPSA) is 52.9 Å². The van der Waals surface area contributed by atoms with Gasteiger partial charge in [0, 0.05) is 23.9 Å². The smallest absolute Gasteiger partial charge is 0.319 e. The molecular weight excluding hydrogens is 403 g/mol. The Morgan fingerprint density at radius 2 is 1.87 bits per heavy atom. The highest BCUT2D eigenvalue weighted by molar-refractivity contribution is 14.1. The highest BCUT2D eigenvalue weighted by Crippen LogP contribution is 2.50. The lowest BCUT2D eigenvalue weighted by Crippen LogP contribution is -2.51. The molecule has 0 spiro atoms. The second-order valence-electron chi connectivity index (χ2n) is 6.67. The maximum absolute atomic E-state index is 12.2. The van der Waals surface area contributed by atoms with Crippen LogP contribution in [0.2, 0.25) is 0 Å². The first-order valence-electron chi connectivity index (χ1n) is 8.11. The first-order valence-corrected chi connectivity index (χ1v) is 10.3. The van der Waals surface area contributed by atoms with E-state index in [0.29, 0.717) is 12.1 Å². The Balaban J connectivity index is 0.000000753. The number of carboxylic acid groups (broad SMARTS) is 1. The van der Waals surface area contributed by atoms with Gasteiger partial charge in [0.1, 0.15) is 5.41 Å². The number of nitrogens with zero attached hydrogens (tertiary/aromatic N) is 2. The highest BCUT2D eigenvalue weighted by atomic mass is 127. The van der Waals surface area contributed by atoms with Crippen molar-refractivity contribution in [3.05, 3.63) is 29.8 Å². The minimum atomic E-state index is -0.918. The van der Waals surface area contributed by atoms with E-state index in [-0.39, 0.29) is 5.92 Å². The van der Waals surface area contributed by atoms with Crippen LogP contribution in [0.25, 0.3) is 0 Å². The fraction of sp³-hybridized carbons (Fsp3) is 0.556. The number of carbonyl (C=O) groups is 1. The van der Waals surface area contributed by atoms with Gasteiger partial charge in [-0.3, -0.25) is 9.79 Å². The van der Waals surface area contributed by atoms with Crippen molar-refractivity contribution >= 4 is 40.5 Å². The van der Waals surface area contributed by atoms with Gasteiger partial charge in [-0.1, -0.05) is 40.8 Å². The zero-order valence-corrected chi connectivity index (χ0v) is 15.7. The minimum Gasteiger partial charge on any atom is -0.480 e. The number of carboxylic acids is 1. The molecule has 0 amide bonds. The van der Waals surface area contributed by atoms with Crippen LogP contribution < -0.4 is 0 Å². The monoisotopic (exact) mass is 426 g/mol. The van der Waals surface area contributed by atoms with Crippen LogP contribution in [0.15, 0.2) is 29.3 Å². The van der Waals surface area contributed by atoms with Gasteiger partial charge in [-0.25, -0.2) is 0 Å². The van der Waals surface area contributed by atoms with E-state index in [1.807, 2.05) is 29.2 Å². The molecule has 124 valence electrons. The van der Waals surface area contributed by atoms with Crippen molar-refractivity contribution in [2.75, 3.05) is 12.0 Å². The maximum atomic E-state index is 12.2. The number of fused-ring (bicyclic) bond motifs is 3. The molecule has 23 heavy (non-hydrogen) atoms. The first kappa shape index (κ1) is 16.9. The summed E-state index contributed by atoms with van der Waals surface area (Å²) < 4.78 is 0. The highest BCUT2D eigenvalue weighted by Gasteiger charge is 2.54. The number of benzene rings is 1. The van der Waals surface area contributed by atoms with Crippen molar-refractivity contribution in [2.24, 2.45) is 10.9 Å². The Kier molecular flexibility index (Phi) is 4.78. The van der Waals surface area contributed by atoms with Gasteiger partial charge < -0.3 is 10.0 Å². The van der Waals surface area contributed by atoms with Gasteiger partial charge in [0.15, 0.2) is 0 Å². The van der Waals surface area contributed by atoms with Crippen LogP contribution >= 0.6 is 22.6 Å². The van der Waals surface area contributed by atoms with Gasteiger partial charge >= 0.3 is 5.97 Å². The Hall–Kier alpha value is -0.950. The van der Waals surface area contributed by atoms with Crippen LogP contribution in [0, 0.1) is 5.92 Å². The number of hydrogen-bond acceptors (Lipinski definition) is 3. The molecule has 4 nitrogen and oxygen atoms in total. The minimum absolute atomic E-state index is 0.149. The van der Waals surface area contributed by atoms with E-state index < -0.39 is 11.4 Å². The Morgan fingerprint density at radius 3 is 2.48 bits per heavy atom. The molecule has 2 saturated heterocycles. The molecule has 3 aliphatic rings. The maximum Gasteiger partial charge on any atom is 0.319 e. The van der Waals surface area contributed by atoms with Crippen LogP contribution in [0.3, 0.4) is 0 Å². The average Bonchev–Trinajstić information content (AvgIpc) is 3.03. The first-order chi connectivity index (χ1) is 11.1. The lowest BCUT2D eigenvalue weighted by atomic mass is 9.66. The summed E-state index contributed by atoms with van der Waals surface area (Å²) in [5.41, 5.74) is 0.788. The van der Waals surface area contributed by atoms with E-state index >= 15 is 0 Å². The molecule has 3 unspecified atom stereocenters. The van der Waals surface area contributed by atoms with E-state index in [0.717, 1.165) is 24.1 Å². The molecule has 2 fully saturated rings. The van der Waals surface area contributed by atoms with Gasteiger partial charge in [-0.05, 0) is 49.6 Å². The molecule has 0 aromatic heterocycles. The average molecular weight is 426 g/mol. The molecule has 0 saturated carbocycles. The van der Waals surface area contributed by atoms with Gasteiger partial charge in [0.05, 0.1) is 5.69 Å². The van der Waals surface area contributed by atoms with E-state index in [1.54, 1.807) is 6.21 Å². The summed E-state index contributed by atoms with van der Waals surface area (Å²) in [7, 11) is 2.18. The molecule has 5 heteroatoms. The standard InChI is InChI=1S/C17H20N2O2.CH3I/c1-19-12-6-7-13(19)9-11(8-12)17(16(20)21)10-18-15-5-3-2-4-14(15)17;1-2/h2-5,10-13H,6-9H2,1H3,(H,20,21);1H3. The molecule has 2 bridgehead atoms. The fourth-order valence-corrected chi connectivity index (χ4v) is 4.63. The summed E-state index contributed by atoms with van der Waals surface area (Å²) in [6.45, 7) is 0.